The number of quaternary nitrogens is 1. The molecule has 1 N–H and O–H groups in total. The van der Waals surface area contributed by atoms with Crippen LogP contribution in [-0.2, 0) is 17.8 Å². The highest BCUT2D eigenvalue weighted by molar-refractivity contribution is 5.98. The lowest BCUT2D eigenvalue weighted by atomic mass is 10.0. The minimum atomic E-state index is -0.306. The van der Waals surface area contributed by atoms with E-state index in [0.29, 0.717) is 18.7 Å². The van der Waals surface area contributed by atoms with Gasteiger partial charge in [0.1, 0.15) is 24.5 Å². The molecule has 0 saturated carbocycles. The van der Waals surface area contributed by atoms with E-state index < -0.39 is 0 Å². The molecule has 0 radical (unpaired) electrons. The van der Waals surface area contributed by atoms with E-state index in [0.717, 1.165) is 40.2 Å². The highest BCUT2D eigenvalue weighted by Gasteiger charge is 2.22. The van der Waals surface area contributed by atoms with Gasteiger partial charge in [-0.2, -0.15) is 0 Å². The lowest BCUT2D eigenvalue weighted by Gasteiger charge is -2.17. The number of nitrogens with zero attached hydrogens (tertiary/aromatic N) is 1. The van der Waals surface area contributed by atoms with Gasteiger partial charge in [-0.25, -0.2) is 9.78 Å². The number of nitrogens with one attached hydrogen (secondary N) is 1. The molecule has 0 aliphatic carbocycles. The second-order valence-electron chi connectivity index (χ2n) is 6.62. The van der Waals surface area contributed by atoms with Crippen molar-refractivity contribution >= 4 is 16.9 Å². The summed E-state index contributed by atoms with van der Waals surface area (Å²) in [5, 5.41) is 0.985. The molecule has 0 bridgehead atoms. The molecule has 26 heavy (non-hydrogen) atoms. The third-order valence-electron chi connectivity index (χ3n) is 4.45. The fourth-order valence-corrected chi connectivity index (χ4v) is 3.27. The topological polar surface area (TPSA) is 56.8 Å². The van der Waals surface area contributed by atoms with Crippen LogP contribution in [0.3, 0.4) is 0 Å². The number of aryl methyl sites for hydroxylation is 2. The summed E-state index contributed by atoms with van der Waals surface area (Å²) < 4.78 is 11.0. The minimum absolute atomic E-state index is 0.306. The number of hydrogen-bond donors (Lipinski definition) is 1. The van der Waals surface area contributed by atoms with Gasteiger partial charge < -0.3 is 14.1 Å². The van der Waals surface area contributed by atoms with Crippen molar-refractivity contribution in [1.82, 2.24) is 4.98 Å². The molecule has 1 atom stereocenters. The van der Waals surface area contributed by atoms with Crippen molar-refractivity contribution in [3.63, 3.8) is 0 Å². The number of esters is 1. The van der Waals surface area contributed by atoms with Crippen LogP contribution in [0.15, 0.2) is 40.8 Å². The summed E-state index contributed by atoms with van der Waals surface area (Å²) in [4.78, 5) is 18.5. The first-order chi connectivity index (χ1) is 12.5. The third kappa shape index (κ3) is 3.78. The van der Waals surface area contributed by atoms with Crippen LogP contribution in [0.5, 0.6) is 0 Å². The molecule has 1 aromatic carbocycles. The fourth-order valence-electron chi connectivity index (χ4n) is 3.27. The Labute approximate surface area is 153 Å². The fraction of sp³-hybridized carbons (Fsp3) is 0.333. The summed E-state index contributed by atoms with van der Waals surface area (Å²) in [6, 6.07) is 11.8. The van der Waals surface area contributed by atoms with E-state index in [-0.39, 0.29) is 5.97 Å². The molecule has 1 unspecified atom stereocenters. The lowest BCUT2D eigenvalue weighted by Crippen LogP contribution is -3.06. The Balaban J connectivity index is 1.96. The number of carbonyl (C=O) groups excluding carboxylic acids is 1. The second-order valence-corrected chi connectivity index (χ2v) is 6.62. The van der Waals surface area contributed by atoms with Crippen LogP contribution < -0.4 is 4.90 Å². The van der Waals surface area contributed by atoms with Gasteiger partial charge in [-0.3, -0.25) is 0 Å². The van der Waals surface area contributed by atoms with Crippen LogP contribution in [0.4, 0.5) is 0 Å². The number of pyridine rings is 1. The smallest absolute Gasteiger partial charge is 0.340 e. The van der Waals surface area contributed by atoms with Gasteiger partial charge in [0.15, 0.2) is 5.76 Å². The molecular weight excluding hydrogens is 328 g/mol. The molecule has 2 heterocycles. The minimum Gasteiger partial charge on any atom is -0.462 e. The zero-order valence-corrected chi connectivity index (χ0v) is 15.8. The molecule has 2 aromatic heterocycles. The number of benzene rings is 1. The molecule has 3 aromatic rings. The van der Waals surface area contributed by atoms with Gasteiger partial charge in [-0.15, -0.1) is 0 Å². The van der Waals surface area contributed by atoms with Crippen LogP contribution >= 0.6 is 0 Å². The number of ether oxygens (including phenoxy) is 1. The summed E-state index contributed by atoms with van der Waals surface area (Å²) in [5.41, 5.74) is 3.17. The van der Waals surface area contributed by atoms with E-state index in [1.165, 1.54) is 4.90 Å². The number of carbonyl (C=O) groups is 1. The molecule has 5 nitrogen and oxygen atoms in total. The van der Waals surface area contributed by atoms with Gasteiger partial charge >= 0.3 is 5.97 Å². The number of fused-ring (bicyclic) bond motifs is 1. The number of para-hydroxylation sites is 1. The summed E-state index contributed by atoms with van der Waals surface area (Å²) in [5.74, 6) is 1.52. The Kier molecular flexibility index (Phi) is 5.38. The number of aromatic nitrogens is 1. The van der Waals surface area contributed by atoms with Crippen LogP contribution in [0.2, 0.25) is 0 Å². The molecule has 0 saturated heterocycles. The van der Waals surface area contributed by atoms with Crippen LogP contribution in [0.25, 0.3) is 10.9 Å². The maximum absolute atomic E-state index is 12.6. The molecule has 0 amide bonds. The molecule has 0 spiro atoms. The second kappa shape index (κ2) is 7.70. The quantitative estimate of drug-likeness (QED) is 0.693. The standard InChI is InChI=1S/C21H24N2O3/c1-5-25-21(24)20-15(3)17-8-6-7-9-18(17)22-19(20)13-23(4)12-16-11-10-14(2)26-16/h6-11H,5,12-13H2,1-4H3/p+1. The summed E-state index contributed by atoms with van der Waals surface area (Å²) >= 11 is 0. The Morgan fingerprint density at radius 1 is 1.15 bits per heavy atom. The van der Waals surface area contributed by atoms with Crippen LogP contribution in [0, 0.1) is 13.8 Å². The van der Waals surface area contributed by atoms with Crippen molar-refractivity contribution < 1.29 is 18.8 Å². The van der Waals surface area contributed by atoms with E-state index in [2.05, 4.69) is 7.05 Å². The van der Waals surface area contributed by atoms with E-state index >= 15 is 0 Å². The van der Waals surface area contributed by atoms with E-state index in [9.17, 15) is 4.79 Å². The van der Waals surface area contributed by atoms with Gasteiger partial charge in [-0.1, -0.05) is 18.2 Å². The number of hydrogen-bond acceptors (Lipinski definition) is 4. The van der Waals surface area contributed by atoms with Crippen molar-refractivity contribution in [2.24, 2.45) is 0 Å². The van der Waals surface area contributed by atoms with Gasteiger partial charge in [0.2, 0.25) is 0 Å². The molecular formula is C21H25N2O3+. The lowest BCUT2D eigenvalue weighted by molar-refractivity contribution is -0.909. The summed E-state index contributed by atoms with van der Waals surface area (Å²) in [6.45, 7) is 7.40. The largest absolute Gasteiger partial charge is 0.462 e. The average Bonchev–Trinajstić information content (AvgIpc) is 3.00. The van der Waals surface area contributed by atoms with Gasteiger partial charge in [-0.05, 0) is 44.5 Å². The number of rotatable bonds is 6. The van der Waals surface area contributed by atoms with Crippen molar-refractivity contribution in [1.29, 1.82) is 0 Å². The average molecular weight is 353 g/mol. The predicted molar refractivity (Wildman–Crippen MR) is 100 cm³/mol. The van der Waals surface area contributed by atoms with E-state index in [4.69, 9.17) is 14.1 Å². The van der Waals surface area contributed by atoms with Crippen molar-refractivity contribution in [2.45, 2.75) is 33.9 Å². The highest BCUT2D eigenvalue weighted by atomic mass is 16.5. The first-order valence-electron chi connectivity index (χ1n) is 8.91. The molecule has 0 aliphatic rings. The first-order valence-corrected chi connectivity index (χ1v) is 8.91. The first kappa shape index (κ1) is 18.1. The van der Waals surface area contributed by atoms with Crippen molar-refractivity contribution in [3.8, 4) is 0 Å². The van der Waals surface area contributed by atoms with Crippen LogP contribution in [-0.4, -0.2) is 24.6 Å². The highest BCUT2D eigenvalue weighted by Crippen LogP contribution is 2.23. The normalized spacial score (nSPS) is 12.3. The van der Waals surface area contributed by atoms with E-state index in [1.54, 1.807) is 0 Å². The van der Waals surface area contributed by atoms with Crippen LogP contribution in [0.1, 0.15) is 40.1 Å². The zero-order chi connectivity index (χ0) is 18.7. The third-order valence-corrected chi connectivity index (χ3v) is 4.45. The number of furan rings is 1. The summed E-state index contributed by atoms with van der Waals surface area (Å²) in [7, 11) is 2.07. The van der Waals surface area contributed by atoms with Gasteiger partial charge in [0.05, 0.1) is 24.7 Å². The van der Waals surface area contributed by atoms with Gasteiger partial charge in [0, 0.05) is 5.39 Å². The monoisotopic (exact) mass is 353 g/mol. The molecule has 3 rings (SSSR count). The Morgan fingerprint density at radius 3 is 2.62 bits per heavy atom. The SMILES string of the molecule is CCOC(=O)c1c(C[NH+](C)Cc2ccc(C)o2)nc2ccccc2c1C. The maximum Gasteiger partial charge on any atom is 0.340 e. The Hall–Kier alpha value is -2.66. The van der Waals surface area contributed by atoms with Crippen molar-refractivity contribution in [2.75, 3.05) is 13.7 Å². The maximum atomic E-state index is 12.6. The molecule has 0 fully saturated rings. The Morgan fingerprint density at radius 2 is 1.92 bits per heavy atom. The summed E-state index contributed by atoms with van der Waals surface area (Å²) in [6.07, 6.45) is 0. The zero-order valence-electron chi connectivity index (χ0n) is 15.8. The van der Waals surface area contributed by atoms with Crippen molar-refractivity contribution in [3.05, 3.63) is 64.7 Å². The van der Waals surface area contributed by atoms with Gasteiger partial charge in [0.25, 0.3) is 0 Å². The van der Waals surface area contributed by atoms with E-state index in [1.807, 2.05) is 57.2 Å². The molecule has 5 heteroatoms. The molecule has 136 valence electrons. The predicted octanol–water partition coefficient (Wildman–Crippen LogP) is 2.84. The molecule has 0 aliphatic heterocycles. The Bertz CT molecular complexity index is 930.